The smallest absolute Gasteiger partial charge is 0.265 e. The summed E-state index contributed by atoms with van der Waals surface area (Å²) < 4.78 is 48.0. The molecular formula is C16H19FN4O4S. The van der Waals surface area contributed by atoms with Crippen molar-refractivity contribution in [3.05, 3.63) is 42.0 Å². The highest BCUT2D eigenvalue weighted by molar-refractivity contribution is 7.92. The monoisotopic (exact) mass is 382 g/mol. The standard InChI is InChI=1S/C16H19FN4O4S/c1-20-10-14(9-15(20)16(18)22)26(23,24)19-12-6-11(17)7-13(8-12)21-2-4-25-5-3-21/h6-10,19H,2-5H2,1H3,(H2,18,22). The summed E-state index contributed by atoms with van der Waals surface area (Å²) in [5.74, 6) is -1.30. The van der Waals surface area contributed by atoms with Crippen molar-refractivity contribution in [1.82, 2.24) is 4.57 Å². The molecule has 0 unspecified atom stereocenters. The van der Waals surface area contributed by atoms with Crippen LogP contribution in [0.1, 0.15) is 10.5 Å². The molecule has 0 spiro atoms. The summed E-state index contributed by atoms with van der Waals surface area (Å²) in [6.07, 6.45) is 1.27. The summed E-state index contributed by atoms with van der Waals surface area (Å²) in [4.78, 5) is 13.1. The predicted octanol–water partition coefficient (Wildman–Crippen LogP) is 0.901. The van der Waals surface area contributed by atoms with E-state index in [1.165, 1.54) is 29.9 Å². The lowest BCUT2D eigenvalue weighted by Crippen LogP contribution is -2.36. The molecule has 1 aromatic carbocycles. The molecule has 2 heterocycles. The number of morpholine rings is 1. The van der Waals surface area contributed by atoms with Gasteiger partial charge in [-0.15, -0.1) is 0 Å². The average molecular weight is 382 g/mol. The first-order valence-electron chi connectivity index (χ1n) is 7.88. The van der Waals surface area contributed by atoms with Crippen LogP contribution in [0.3, 0.4) is 0 Å². The molecule has 26 heavy (non-hydrogen) atoms. The van der Waals surface area contributed by atoms with E-state index in [0.29, 0.717) is 32.0 Å². The number of sulfonamides is 1. The average Bonchev–Trinajstić information content (AvgIpc) is 2.98. The number of nitrogens with zero attached hydrogens (tertiary/aromatic N) is 2. The van der Waals surface area contributed by atoms with Crippen molar-refractivity contribution >= 4 is 27.3 Å². The number of nitrogens with one attached hydrogen (secondary N) is 1. The number of rotatable bonds is 5. The van der Waals surface area contributed by atoms with Crippen LogP contribution in [0.2, 0.25) is 0 Å². The fourth-order valence-corrected chi connectivity index (χ4v) is 3.89. The van der Waals surface area contributed by atoms with Gasteiger partial charge in [-0.05, 0) is 24.3 Å². The zero-order valence-electron chi connectivity index (χ0n) is 14.1. The summed E-state index contributed by atoms with van der Waals surface area (Å²) in [6, 6.07) is 5.17. The van der Waals surface area contributed by atoms with Crippen molar-refractivity contribution in [3.8, 4) is 0 Å². The normalized spacial score (nSPS) is 15.1. The molecule has 3 rings (SSSR count). The summed E-state index contributed by atoms with van der Waals surface area (Å²) in [5.41, 5.74) is 5.92. The second-order valence-corrected chi connectivity index (χ2v) is 7.62. The number of anilines is 2. The molecule has 0 atom stereocenters. The van der Waals surface area contributed by atoms with Gasteiger partial charge in [0.25, 0.3) is 15.9 Å². The van der Waals surface area contributed by atoms with E-state index < -0.39 is 21.7 Å². The van der Waals surface area contributed by atoms with E-state index in [9.17, 15) is 17.6 Å². The minimum absolute atomic E-state index is 0.0543. The summed E-state index contributed by atoms with van der Waals surface area (Å²) in [6.45, 7) is 2.24. The number of hydrogen-bond donors (Lipinski definition) is 2. The number of halogens is 1. The number of nitrogens with two attached hydrogens (primary N) is 1. The van der Waals surface area contributed by atoms with Crippen LogP contribution < -0.4 is 15.4 Å². The van der Waals surface area contributed by atoms with Gasteiger partial charge in [-0.1, -0.05) is 0 Å². The molecule has 1 amide bonds. The number of carbonyl (C=O) groups is 1. The molecule has 140 valence electrons. The number of primary amides is 1. The van der Waals surface area contributed by atoms with E-state index in [1.54, 1.807) is 6.07 Å². The Labute approximate surface area is 150 Å². The van der Waals surface area contributed by atoms with Gasteiger partial charge in [0.2, 0.25) is 0 Å². The molecule has 0 aliphatic carbocycles. The fraction of sp³-hybridized carbons (Fsp3) is 0.312. The predicted molar refractivity (Wildman–Crippen MR) is 94.2 cm³/mol. The number of aromatic nitrogens is 1. The number of ether oxygens (including phenoxy) is 1. The summed E-state index contributed by atoms with van der Waals surface area (Å²) in [7, 11) is -2.49. The van der Waals surface area contributed by atoms with Gasteiger partial charge in [0.15, 0.2) is 0 Å². The van der Waals surface area contributed by atoms with Gasteiger partial charge in [0, 0.05) is 32.0 Å². The first kappa shape index (κ1) is 18.2. The van der Waals surface area contributed by atoms with Crippen molar-refractivity contribution in [3.63, 3.8) is 0 Å². The Morgan fingerprint density at radius 3 is 2.54 bits per heavy atom. The molecule has 3 N–H and O–H groups in total. The topological polar surface area (TPSA) is 107 Å². The van der Waals surface area contributed by atoms with E-state index in [4.69, 9.17) is 10.5 Å². The largest absolute Gasteiger partial charge is 0.378 e. The molecule has 1 aromatic heterocycles. The quantitative estimate of drug-likeness (QED) is 0.799. The van der Waals surface area contributed by atoms with E-state index in [-0.39, 0.29) is 16.3 Å². The minimum Gasteiger partial charge on any atom is -0.378 e. The highest BCUT2D eigenvalue weighted by Gasteiger charge is 2.21. The van der Waals surface area contributed by atoms with Gasteiger partial charge in [0.05, 0.1) is 18.9 Å². The van der Waals surface area contributed by atoms with Crippen LogP contribution in [0.4, 0.5) is 15.8 Å². The zero-order chi connectivity index (χ0) is 18.9. The molecule has 1 aliphatic heterocycles. The molecule has 0 saturated carbocycles. The Bertz CT molecular complexity index is 936. The minimum atomic E-state index is -4.00. The molecule has 8 nitrogen and oxygen atoms in total. The highest BCUT2D eigenvalue weighted by atomic mass is 32.2. The number of hydrogen-bond acceptors (Lipinski definition) is 5. The van der Waals surface area contributed by atoms with E-state index in [1.807, 2.05) is 4.90 Å². The first-order chi connectivity index (χ1) is 12.3. The third-order valence-corrected chi connectivity index (χ3v) is 5.40. The van der Waals surface area contributed by atoms with Gasteiger partial charge in [0.1, 0.15) is 16.4 Å². The van der Waals surface area contributed by atoms with Gasteiger partial charge in [-0.3, -0.25) is 9.52 Å². The number of aryl methyl sites for hydroxylation is 1. The Hall–Kier alpha value is -2.59. The molecule has 2 aromatic rings. The van der Waals surface area contributed by atoms with Gasteiger partial charge >= 0.3 is 0 Å². The molecule has 1 aliphatic rings. The lowest BCUT2D eigenvalue weighted by Gasteiger charge is -2.29. The van der Waals surface area contributed by atoms with Gasteiger partial charge in [-0.25, -0.2) is 12.8 Å². The van der Waals surface area contributed by atoms with Crippen LogP contribution in [0.15, 0.2) is 35.4 Å². The van der Waals surface area contributed by atoms with E-state index in [0.717, 1.165) is 6.07 Å². The molecule has 10 heteroatoms. The Balaban J connectivity index is 1.88. The zero-order valence-corrected chi connectivity index (χ0v) is 14.9. The summed E-state index contributed by atoms with van der Waals surface area (Å²) >= 11 is 0. The maximum absolute atomic E-state index is 14.0. The van der Waals surface area contributed by atoms with Gasteiger partial charge in [-0.2, -0.15) is 0 Å². The van der Waals surface area contributed by atoms with Crippen LogP contribution in [0.25, 0.3) is 0 Å². The van der Waals surface area contributed by atoms with Crippen LogP contribution in [0.5, 0.6) is 0 Å². The van der Waals surface area contributed by atoms with Crippen molar-refractivity contribution in [1.29, 1.82) is 0 Å². The number of amides is 1. The maximum atomic E-state index is 14.0. The van der Waals surface area contributed by atoms with Crippen molar-refractivity contribution in [2.45, 2.75) is 4.90 Å². The van der Waals surface area contributed by atoms with E-state index in [2.05, 4.69) is 4.72 Å². The fourth-order valence-electron chi connectivity index (χ4n) is 2.78. The third kappa shape index (κ3) is 3.81. The van der Waals surface area contributed by atoms with Crippen LogP contribution in [0, 0.1) is 5.82 Å². The van der Waals surface area contributed by atoms with Crippen LogP contribution in [-0.4, -0.2) is 45.2 Å². The lowest BCUT2D eigenvalue weighted by molar-refractivity contribution is 0.0992. The van der Waals surface area contributed by atoms with E-state index >= 15 is 0 Å². The SMILES string of the molecule is Cn1cc(S(=O)(=O)Nc2cc(F)cc(N3CCOCC3)c2)cc1C(N)=O. The molecule has 0 bridgehead atoms. The van der Waals surface area contributed by atoms with Crippen molar-refractivity contribution < 1.29 is 22.3 Å². The van der Waals surface area contributed by atoms with Crippen LogP contribution >= 0.6 is 0 Å². The second-order valence-electron chi connectivity index (χ2n) is 5.94. The second kappa shape index (κ2) is 6.96. The highest BCUT2D eigenvalue weighted by Crippen LogP contribution is 2.25. The molecule has 0 radical (unpaired) electrons. The van der Waals surface area contributed by atoms with Crippen LogP contribution in [-0.2, 0) is 21.8 Å². The maximum Gasteiger partial charge on any atom is 0.265 e. The van der Waals surface area contributed by atoms with Gasteiger partial charge < -0.3 is 19.9 Å². The third-order valence-electron chi connectivity index (χ3n) is 4.05. The molecular weight excluding hydrogens is 363 g/mol. The molecule has 1 saturated heterocycles. The number of carbonyl (C=O) groups excluding carboxylic acids is 1. The lowest BCUT2D eigenvalue weighted by atomic mass is 10.2. The summed E-state index contributed by atoms with van der Waals surface area (Å²) in [5, 5.41) is 0. The molecule has 1 fully saturated rings. The first-order valence-corrected chi connectivity index (χ1v) is 9.37. The Morgan fingerprint density at radius 1 is 1.23 bits per heavy atom. The Morgan fingerprint density at radius 2 is 1.92 bits per heavy atom. The van der Waals surface area contributed by atoms with Crippen molar-refractivity contribution in [2.24, 2.45) is 12.8 Å². The number of benzene rings is 1. The Kier molecular flexibility index (Phi) is 4.88. The van der Waals surface area contributed by atoms with Crippen molar-refractivity contribution in [2.75, 3.05) is 35.9 Å².